The van der Waals surface area contributed by atoms with Gasteiger partial charge in [-0.15, -0.1) is 0 Å². The molecule has 35 heavy (non-hydrogen) atoms. The molecule has 1 fully saturated rings. The van der Waals surface area contributed by atoms with Crippen molar-refractivity contribution in [2.45, 2.75) is 38.5 Å². The smallest absolute Gasteiger partial charge is 0.134 e. The van der Waals surface area contributed by atoms with Gasteiger partial charge in [-0.1, -0.05) is 32.0 Å². The Morgan fingerprint density at radius 1 is 1.14 bits per heavy atom. The molecule has 0 spiro atoms. The van der Waals surface area contributed by atoms with Gasteiger partial charge in [-0.2, -0.15) is 0 Å². The van der Waals surface area contributed by atoms with Crippen molar-refractivity contribution < 1.29 is 23.7 Å². The number of rotatable bonds is 10. The summed E-state index contributed by atoms with van der Waals surface area (Å²) in [5.41, 5.74) is -0.0713. The first kappa shape index (κ1) is 25.2. The second-order valence-corrected chi connectivity index (χ2v) is 9.36. The maximum Gasteiger partial charge on any atom is 0.134 e. The van der Waals surface area contributed by atoms with Gasteiger partial charge in [0.2, 0.25) is 0 Å². The van der Waals surface area contributed by atoms with Crippen LogP contribution in [-0.4, -0.2) is 64.7 Å². The maximum atomic E-state index is 13.4. The van der Waals surface area contributed by atoms with Crippen LogP contribution in [0.25, 0.3) is 0 Å². The number of imidazole rings is 1. The normalized spacial score (nSPS) is 19.0. The zero-order valence-electron chi connectivity index (χ0n) is 20.4. The van der Waals surface area contributed by atoms with Crippen LogP contribution in [0.2, 0.25) is 0 Å². The molecule has 0 saturated carbocycles. The standard InChI is InChI=1S/C27H34FN3O4/c1-21(2)26-29-10-11-31(26)13-15-34-24-8-6-22(7-9-24)17-30-12-14-33-19-27(32,18-30)20-35-25-5-3-4-23(28)16-25/h3-11,16,21,32H,12-15,17-20H2,1-2H3/t27-/m0/s1. The minimum atomic E-state index is -1.19. The Labute approximate surface area is 206 Å². The van der Waals surface area contributed by atoms with Crippen molar-refractivity contribution in [2.75, 3.05) is 39.5 Å². The van der Waals surface area contributed by atoms with Crippen LogP contribution in [0.3, 0.4) is 0 Å². The molecule has 188 valence electrons. The van der Waals surface area contributed by atoms with Crippen LogP contribution in [0, 0.1) is 5.82 Å². The van der Waals surface area contributed by atoms with Gasteiger partial charge in [0, 0.05) is 44.0 Å². The molecule has 7 nitrogen and oxygen atoms in total. The fourth-order valence-corrected chi connectivity index (χ4v) is 4.22. The molecular formula is C27H34FN3O4. The van der Waals surface area contributed by atoms with E-state index in [1.165, 1.54) is 12.1 Å². The van der Waals surface area contributed by atoms with E-state index in [1.807, 2.05) is 36.7 Å². The molecule has 1 N–H and O–H groups in total. The van der Waals surface area contributed by atoms with E-state index in [-0.39, 0.29) is 19.0 Å². The number of hydrogen-bond acceptors (Lipinski definition) is 6. The number of aromatic nitrogens is 2. The minimum Gasteiger partial charge on any atom is -0.492 e. The van der Waals surface area contributed by atoms with Crippen molar-refractivity contribution in [3.8, 4) is 11.5 Å². The first-order chi connectivity index (χ1) is 16.9. The number of aliphatic hydroxyl groups is 1. The molecule has 2 aromatic carbocycles. The van der Waals surface area contributed by atoms with Gasteiger partial charge in [-0.25, -0.2) is 9.37 Å². The van der Waals surface area contributed by atoms with Crippen LogP contribution < -0.4 is 9.47 Å². The highest BCUT2D eigenvalue weighted by Gasteiger charge is 2.33. The molecule has 3 aromatic rings. The van der Waals surface area contributed by atoms with E-state index in [4.69, 9.17) is 14.2 Å². The molecule has 1 saturated heterocycles. The van der Waals surface area contributed by atoms with Crippen molar-refractivity contribution >= 4 is 0 Å². The lowest BCUT2D eigenvalue weighted by Gasteiger charge is -2.30. The van der Waals surface area contributed by atoms with E-state index < -0.39 is 5.60 Å². The van der Waals surface area contributed by atoms with E-state index >= 15 is 0 Å². The summed E-state index contributed by atoms with van der Waals surface area (Å²) in [6.07, 6.45) is 3.81. The van der Waals surface area contributed by atoms with E-state index in [0.717, 1.165) is 23.7 Å². The summed E-state index contributed by atoms with van der Waals surface area (Å²) in [5.74, 6) is 2.27. The Morgan fingerprint density at radius 3 is 2.74 bits per heavy atom. The first-order valence-corrected chi connectivity index (χ1v) is 12.0. The Balaban J connectivity index is 1.28. The zero-order chi connectivity index (χ0) is 24.7. The first-order valence-electron chi connectivity index (χ1n) is 12.0. The Morgan fingerprint density at radius 2 is 1.97 bits per heavy atom. The van der Waals surface area contributed by atoms with Crippen molar-refractivity contribution in [2.24, 2.45) is 0 Å². The third-order valence-corrected chi connectivity index (χ3v) is 5.94. The van der Waals surface area contributed by atoms with Gasteiger partial charge in [0.05, 0.1) is 19.8 Å². The Hall–Kier alpha value is -2.94. The number of ether oxygens (including phenoxy) is 3. The van der Waals surface area contributed by atoms with Gasteiger partial charge in [-0.3, -0.25) is 4.90 Å². The fraction of sp³-hybridized carbons (Fsp3) is 0.444. The van der Waals surface area contributed by atoms with Gasteiger partial charge < -0.3 is 23.9 Å². The molecule has 0 amide bonds. The predicted octanol–water partition coefficient (Wildman–Crippen LogP) is 3.87. The van der Waals surface area contributed by atoms with Crippen LogP contribution >= 0.6 is 0 Å². The third kappa shape index (κ3) is 7.27. The summed E-state index contributed by atoms with van der Waals surface area (Å²) in [5, 5.41) is 11.1. The summed E-state index contributed by atoms with van der Waals surface area (Å²) in [4.78, 5) is 6.55. The molecule has 1 aliphatic heterocycles. The quantitative estimate of drug-likeness (QED) is 0.472. The van der Waals surface area contributed by atoms with Gasteiger partial charge in [-0.05, 0) is 29.8 Å². The fourth-order valence-electron chi connectivity index (χ4n) is 4.22. The second kappa shape index (κ2) is 11.7. The lowest BCUT2D eigenvalue weighted by molar-refractivity contribution is -0.0647. The number of β-amino-alcohol motifs (C(OH)–C–C–N with tert-alkyl or cyclic N) is 1. The molecule has 1 aliphatic rings. The van der Waals surface area contributed by atoms with Crippen molar-refractivity contribution in [3.05, 3.63) is 78.1 Å². The van der Waals surface area contributed by atoms with Crippen LogP contribution in [-0.2, 0) is 17.8 Å². The number of nitrogens with zero attached hydrogens (tertiary/aromatic N) is 3. The molecule has 0 radical (unpaired) electrons. The lowest BCUT2D eigenvalue weighted by atomic mass is 10.1. The second-order valence-electron chi connectivity index (χ2n) is 9.36. The van der Waals surface area contributed by atoms with Crippen molar-refractivity contribution in [3.63, 3.8) is 0 Å². The molecule has 2 heterocycles. The lowest BCUT2D eigenvalue weighted by Crippen LogP contribution is -2.48. The molecule has 4 rings (SSSR count). The zero-order valence-corrected chi connectivity index (χ0v) is 20.4. The Kier molecular flexibility index (Phi) is 8.38. The summed E-state index contributed by atoms with van der Waals surface area (Å²) in [7, 11) is 0. The van der Waals surface area contributed by atoms with Crippen LogP contribution in [0.1, 0.15) is 31.2 Å². The summed E-state index contributed by atoms with van der Waals surface area (Å²) in [6.45, 7) is 8.05. The number of halogens is 1. The molecular weight excluding hydrogens is 449 g/mol. The summed E-state index contributed by atoms with van der Waals surface area (Å²) >= 11 is 0. The molecule has 1 atom stereocenters. The summed E-state index contributed by atoms with van der Waals surface area (Å²) in [6, 6.07) is 13.9. The van der Waals surface area contributed by atoms with Crippen LogP contribution in [0.5, 0.6) is 11.5 Å². The SMILES string of the molecule is CC(C)c1nccn1CCOc1ccc(CN2CCOC[C@](O)(COc3cccc(F)c3)C2)cc1. The van der Waals surface area contributed by atoms with Gasteiger partial charge in [0.15, 0.2) is 0 Å². The van der Waals surface area contributed by atoms with Gasteiger partial charge in [0.25, 0.3) is 0 Å². The highest BCUT2D eigenvalue weighted by atomic mass is 19.1. The monoisotopic (exact) mass is 483 g/mol. The minimum absolute atomic E-state index is 0.0230. The largest absolute Gasteiger partial charge is 0.492 e. The molecule has 0 bridgehead atoms. The third-order valence-electron chi connectivity index (χ3n) is 5.94. The number of benzene rings is 2. The highest BCUT2D eigenvalue weighted by molar-refractivity contribution is 5.27. The highest BCUT2D eigenvalue weighted by Crippen LogP contribution is 2.20. The van der Waals surface area contributed by atoms with Crippen LogP contribution in [0.4, 0.5) is 4.39 Å². The van der Waals surface area contributed by atoms with Crippen molar-refractivity contribution in [1.82, 2.24) is 14.5 Å². The van der Waals surface area contributed by atoms with E-state index in [9.17, 15) is 9.50 Å². The van der Waals surface area contributed by atoms with E-state index in [0.29, 0.717) is 44.5 Å². The average Bonchev–Trinajstić information content (AvgIpc) is 3.23. The molecule has 0 aliphatic carbocycles. The maximum absolute atomic E-state index is 13.4. The van der Waals surface area contributed by atoms with E-state index in [1.54, 1.807) is 12.1 Å². The van der Waals surface area contributed by atoms with E-state index in [2.05, 4.69) is 28.3 Å². The number of hydrogen-bond donors (Lipinski definition) is 1. The van der Waals surface area contributed by atoms with Crippen molar-refractivity contribution in [1.29, 1.82) is 0 Å². The van der Waals surface area contributed by atoms with Gasteiger partial charge >= 0.3 is 0 Å². The predicted molar refractivity (Wildman–Crippen MR) is 131 cm³/mol. The van der Waals surface area contributed by atoms with Crippen LogP contribution in [0.15, 0.2) is 60.9 Å². The Bertz CT molecular complexity index is 1070. The average molecular weight is 484 g/mol. The topological polar surface area (TPSA) is 69.0 Å². The molecule has 8 heteroatoms. The molecule has 1 aromatic heterocycles. The van der Waals surface area contributed by atoms with Gasteiger partial charge in [0.1, 0.15) is 42.0 Å². The molecule has 0 unspecified atom stereocenters. The summed E-state index contributed by atoms with van der Waals surface area (Å²) < 4.78 is 32.8.